The fourth-order valence-corrected chi connectivity index (χ4v) is 1.33. The molecule has 0 aliphatic heterocycles. The van der Waals surface area contributed by atoms with E-state index in [2.05, 4.69) is 4.98 Å². The highest BCUT2D eigenvalue weighted by molar-refractivity contribution is 5.86. The van der Waals surface area contributed by atoms with Crippen LogP contribution in [0.2, 0.25) is 0 Å². The average Bonchev–Trinajstić information content (AvgIpc) is 2.55. The van der Waals surface area contributed by atoms with Crippen LogP contribution < -0.4 is 5.73 Å². The maximum absolute atomic E-state index is 12.9. The Balaban J connectivity index is 2.76. The average molecular weight is 180 g/mol. The number of phenols is 1. The van der Waals surface area contributed by atoms with Gasteiger partial charge in [-0.1, -0.05) is 0 Å². The smallest absolute Gasteiger partial charge is 0.165 e. The summed E-state index contributed by atoms with van der Waals surface area (Å²) in [4.78, 5) is 2.96. The van der Waals surface area contributed by atoms with Crippen LogP contribution in [0, 0.1) is 5.82 Å². The van der Waals surface area contributed by atoms with Crippen LogP contribution >= 0.6 is 0 Å². The molecule has 2 aromatic rings. The topological polar surface area (TPSA) is 62.0 Å². The summed E-state index contributed by atoms with van der Waals surface area (Å²) in [7, 11) is 0. The third-order valence-corrected chi connectivity index (χ3v) is 2.00. The number of rotatable bonds is 1. The molecule has 0 fully saturated rings. The second-order valence-corrected chi connectivity index (χ2v) is 2.86. The lowest BCUT2D eigenvalue weighted by molar-refractivity contribution is 0.439. The molecule has 0 unspecified atom stereocenters. The van der Waals surface area contributed by atoms with E-state index < -0.39 is 5.82 Å². The van der Waals surface area contributed by atoms with Crippen molar-refractivity contribution in [1.82, 2.24) is 4.98 Å². The number of aromatic amines is 1. The predicted molar refractivity (Wildman–Crippen MR) is 47.8 cm³/mol. The van der Waals surface area contributed by atoms with E-state index in [0.717, 1.165) is 5.69 Å². The first-order valence-electron chi connectivity index (χ1n) is 3.91. The Morgan fingerprint density at radius 1 is 1.46 bits per heavy atom. The summed E-state index contributed by atoms with van der Waals surface area (Å²) in [6.07, 6.45) is 0. The van der Waals surface area contributed by atoms with Crippen molar-refractivity contribution in [2.75, 3.05) is 0 Å². The Labute approximate surface area is 74.0 Å². The number of hydrogen-bond acceptors (Lipinski definition) is 2. The molecule has 4 heteroatoms. The van der Waals surface area contributed by atoms with Gasteiger partial charge in [0.15, 0.2) is 11.6 Å². The number of hydrogen-bond donors (Lipinski definition) is 3. The largest absolute Gasteiger partial charge is 0.504 e. The van der Waals surface area contributed by atoms with E-state index in [0.29, 0.717) is 17.4 Å². The maximum Gasteiger partial charge on any atom is 0.165 e. The lowest BCUT2D eigenvalue weighted by Gasteiger charge is -1.94. The summed E-state index contributed by atoms with van der Waals surface area (Å²) in [5.74, 6) is -0.941. The van der Waals surface area contributed by atoms with E-state index in [9.17, 15) is 9.50 Å². The number of fused-ring (bicyclic) bond motifs is 1. The zero-order valence-corrected chi connectivity index (χ0v) is 6.84. The fraction of sp³-hybridized carbons (Fsp3) is 0.111. The SMILES string of the molecule is NCc1cc2c(O)c(F)ccc2[nH]1. The molecule has 68 valence electrons. The van der Waals surface area contributed by atoms with Gasteiger partial charge < -0.3 is 15.8 Å². The Hall–Kier alpha value is -1.55. The van der Waals surface area contributed by atoms with Crippen molar-refractivity contribution in [3.8, 4) is 5.75 Å². The Morgan fingerprint density at radius 3 is 2.92 bits per heavy atom. The molecule has 0 aliphatic rings. The first-order chi connectivity index (χ1) is 6.22. The zero-order chi connectivity index (χ0) is 9.42. The third-order valence-electron chi connectivity index (χ3n) is 2.00. The first-order valence-corrected chi connectivity index (χ1v) is 3.91. The molecule has 0 bridgehead atoms. The van der Waals surface area contributed by atoms with E-state index in [1.54, 1.807) is 12.1 Å². The van der Waals surface area contributed by atoms with Gasteiger partial charge in [0.25, 0.3) is 0 Å². The van der Waals surface area contributed by atoms with Crippen LogP contribution in [0.1, 0.15) is 5.69 Å². The summed E-state index contributed by atoms with van der Waals surface area (Å²) < 4.78 is 12.9. The van der Waals surface area contributed by atoms with Gasteiger partial charge >= 0.3 is 0 Å². The van der Waals surface area contributed by atoms with E-state index in [1.807, 2.05) is 0 Å². The number of halogens is 1. The van der Waals surface area contributed by atoms with Gasteiger partial charge in [0.2, 0.25) is 0 Å². The fourth-order valence-electron chi connectivity index (χ4n) is 1.33. The van der Waals surface area contributed by atoms with E-state index >= 15 is 0 Å². The summed E-state index contributed by atoms with van der Waals surface area (Å²) >= 11 is 0. The molecule has 13 heavy (non-hydrogen) atoms. The molecule has 0 spiro atoms. The minimum atomic E-state index is -0.616. The molecule has 0 aliphatic carbocycles. The Kier molecular flexibility index (Phi) is 1.70. The van der Waals surface area contributed by atoms with Gasteiger partial charge in [0, 0.05) is 23.1 Å². The molecule has 0 saturated heterocycles. The standard InChI is InChI=1S/C9H9FN2O/c10-7-1-2-8-6(9(7)13)3-5(4-11)12-8/h1-3,12-13H,4,11H2. The number of nitrogens with two attached hydrogens (primary N) is 1. The van der Waals surface area contributed by atoms with E-state index in [-0.39, 0.29) is 5.75 Å². The summed E-state index contributed by atoms with van der Waals surface area (Å²) in [5, 5.41) is 9.80. The van der Waals surface area contributed by atoms with Gasteiger partial charge in [-0.25, -0.2) is 4.39 Å². The van der Waals surface area contributed by atoms with Crippen LogP contribution in [-0.4, -0.2) is 10.1 Å². The number of benzene rings is 1. The van der Waals surface area contributed by atoms with E-state index in [1.165, 1.54) is 6.07 Å². The van der Waals surface area contributed by atoms with E-state index in [4.69, 9.17) is 5.73 Å². The number of phenolic OH excluding ortho intramolecular Hbond substituents is 1. The van der Waals surface area contributed by atoms with Crippen LogP contribution in [-0.2, 0) is 6.54 Å². The molecule has 1 aromatic heterocycles. The van der Waals surface area contributed by atoms with Crippen molar-refractivity contribution in [2.24, 2.45) is 5.73 Å². The van der Waals surface area contributed by atoms with Crippen LogP contribution in [0.5, 0.6) is 5.75 Å². The van der Waals surface area contributed by atoms with Crippen molar-refractivity contribution in [2.45, 2.75) is 6.54 Å². The highest BCUT2D eigenvalue weighted by atomic mass is 19.1. The number of aromatic hydroxyl groups is 1. The van der Waals surface area contributed by atoms with Gasteiger partial charge in [-0.3, -0.25) is 0 Å². The number of aromatic nitrogens is 1. The monoisotopic (exact) mass is 180 g/mol. The van der Waals surface area contributed by atoms with Crippen molar-refractivity contribution in [3.63, 3.8) is 0 Å². The highest BCUT2D eigenvalue weighted by Crippen LogP contribution is 2.27. The molecule has 0 saturated carbocycles. The summed E-state index contributed by atoms with van der Waals surface area (Å²) in [5.41, 5.74) is 6.86. The lowest BCUT2D eigenvalue weighted by Crippen LogP contribution is -1.94. The van der Waals surface area contributed by atoms with Crippen molar-refractivity contribution >= 4 is 10.9 Å². The van der Waals surface area contributed by atoms with Crippen molar-refractivity contribution < 1.29 is 9.50 Å². The van der Waals surface area contributed by atoms with Crippen LogP contribution in [0.3, 0.4) is 0 Å². The summed E-state index contributed by atoms with van der Waals surface area (Å²) in [6.45, 7) is 0.343. The number of H-pyrrole nitrogens is 1. The normalized spacial score (nSPS) is 10.9. The van der Waals surface area contributed by atoms with Crippen LogP contribution in [0.4, 0.5) is 4.39 Å². The van der Waals surface area contributed by atoms with Gasteiger partial charge in [-0.05, 0) is 18.2 Å². The van der Waals surface area contributed by atoms with Crippen LogP contribution in [0.15, 0.2) is 18.2 Å². The molecule has 1 heterocycles. The second-order valence-electron chi connectivity index (χ2n) is 2.86. The quantitative estimate of drug-likeness (QED) is 0.622. The predicted octanol–water partition coefficient (Wildman–Crippen LogP) is 1.47. The van der Waals surface area contributed by atoms with Gasteiger partial charge in [-0.15, -0.1) is 0 Å². The lowest BCUT2D eigenvalue weighted by atomic mass is 10.2. The molecule has 1 aromatic carbocycles. The maximum atomic E-state index is 12.9. The van der Waals surface area contributed by atoms with Crippen molar-refractivity contribution in [1.29, 1.82) is 0 Å². The Bertz CT molecular complexity index is 450. The number of nitrogens with one attached hydrogen (secondary N) is 1. The van der Waals surface area contributed by atoms with Crippen molar-refractivity contribution in [3.05, 3.63) is 29.7 Å². The molecule has 0 amide bonds. The molecule has 3 nitrogen and oxygen atoms in total. The molecule has 0 radical (unpaired) electrons. The minimum absolute atomic E-state index is 0.326. The third kappa shape index (κ3) is 1.15. The van der Waals surface area contributed by atoms with Gasteiger partial charge in [0.1, 0.15) is 0 Å². The molecule has 0 atom stereocenters. The highest BCUT2D eigenvalue weighted by Gasteiger charge is 2.07. The zero-order valence-electron chi connectivity index (χ0n) is 6.84. The van der Waals surface area contributed by atoms with Gasteiger partial charge in [-0.2, -0.15) is 0 Å². The molecular formula is C9H9FN2O. The minimum Gasteiger partial charge on any atom is -0.504 e. The molecule has 2 rings (SSSR count). The molecular weight excluding hydrogens is 171 g/mol. The molecule has 4 N–H and O–H groups in total. The Morgan fingerprint density at radius 2 is 2.23 bits per heavy atom. The van der Waals surface area contributed by atoms with Gasteiger partial charge in [0.05, 0.1) is 0 Å². The van der Waals surface area contributed by atoms with Crippen LogP contribution in [0.25, 0.3) is 10.9 Å². The summed E-state index contributed by atoms with van der Waals surface area (Å²) in [6, 6.07) is 4.44. The second kappa shape index (κ2) is 2.74. The first kappa shape index (κ1) is 8.07.